The Labute approximate surface area is 160 Å². The van der Waals surface area contributed by atoms with E-state index in [1.54, 1.807) is 0 Å². The third-order valence-electron chi connectivity index (χ3n) is 4.09. The first-order valence-corrected chi connectivity index (χ1v) is 8.96. The maximum absolute atomic E-state index is 5.74. The fourth-order valence-corrected chi connectivity index (χ4v) is 2.71. The monoisotopic (exact) mass is 375 g/mol. The van der Waals surface area contributed by atoms with E-state index in [0.717, 1.165) is 29.7 Å². The minimum absolute atomic E-state index is 0. The average molecular weight is 376 g/mol. The van der Waals surface area contributed by atoms with Gasteiger partial charge in [0.25, 0.3) is 6.73 Å². The fraction of sp³-hybridized carbons (Fsp3) is 0.421. The van der Waals surface area contributed by atoms with Gasteiger partial charge in [0.1, 0.15) is 17.9 Å². The number of benzene rings is 1. The van der Waals surface area contributed by atoms with Crippen molar-refractivity contribution in [2.45, 2.75) is 46.0 Å². The standard InChI is InChI=1S/C19H26N5O.ClH/c1-2-3-4-7-13-25-16-23-12-8-9-17(14-23)20-15-24-19-11-6-5-10-18(19)21-22-24;/h5-6,8-12,14,20H,2-4,7,13,15-16H2,1H3;1H/q+1;/p-1. The van der Waals surface area contributed by atoms with E-state index in [-0.39, 0.29) is 12.4 Å². The number of anilines is 1. The van der Waals surface area contributed by atoms with Crippen LogP contribution in [0.25, 0.3) is 11.0 Å². The number of rotatable bonds is 10. The molecule has 2 aromatic heterocycles. The second-order valence-corrected chi connectivity index (χ2v) is 6.12. The van der Waals surface area contributed by atoms with E-state index in [1.165, 1.54) is 19.3 Å². The molecule has 0 unspecified atom stereocenters. The summed E-state index contributed by atoms with van der Waals surface area (Å²) in [7, 11) is 0. The lowest BCUT2D eigenvalue weighted by Crippen LogP contribution is -3.00. The Morgan fingerprint density at radius 2 is 2.00 bits per heavy atom. The summed E-state index contributed by atoms with van der Waals surface area (Å²) in [5, 5.41) is 11.7. The van der Waals surface area contributed by atoms with E-state index in [1.807, 2.05) is 58.0 Å². The normalized spacial score (nSPS) is 10.7. The highest BCUT2D eigenvalue weighted by atomic mass is 35.5. The molecule has 1 aromatic carbocycles. The molecule has 0 saturated carbocycles. The zero-order chi connectivity index (χ0) is 17.3. The van der Waals surface area contributed by atoms with E-state index in [4.69, 9.17) is 4.74 Å². The molecule has 0 saturated heterocycles. The summed E-state index contributed by atoms with van der Waals surface area (Å²) in [6, 6.07) is 12.0. The molecular weight excluding hydrogens is 350 g/mol. The number of hydrogen-bond donors (Lipinski definition) is 1. The van der Waals surface area contributed by atoms with Crippen molar-refractivity contribution in [3.8, 4) is 0 Å². The number of halogens is 1. The molecule has 6 nitrogen and oxygen atoms in total. The van der Waals surface area contributed by atoms with Crippen LogP contribution < -0.4 is 22.3 Å². The lowest BCUT2D eigenvalue weighted by atomic mass is 10.2. The number of pyridine rings is 1. The summed E-state index contributed by atoms with van der Waals surface area (Å²) >= 11 is 0. The maximum Gasteiger partial charge on any atom is 0.252 e. The van der Waals surface area contributed by atoms with Gasteiger partial charge in [0, 0.05) is 6.07 Å². The molecule has 1 N–H and O–H groups in total. The number of aromatic nitrogens is 4. The van der Waals surface area contributed by atoms with Gasteiger partial charge in [-0.3, -0.25) is 0 Å². The molecule has 0 aliphatic heterocycles. The quantitative estimate of drug-likeness (QED) is 0.410. The molecular formula is C19H26ClN5O. The second-order valence-electron chi connectivity index (χ2n) is 6.12. The molecule has 0 amide bonds. The van der Waals surface area contributed by atoms with Gasteiger partial charge in [0.2, 0.25) is 0 Å². The summed E-state index contributed by atoms with van der Waals surface area (Å²) in [4.78, 5) is 0. The highest BCUT2D eigenvalue weighted by Gasteiger charge is 2.05. The second kappa shape index (κ2) is 10.7. The number of hydrogen-bond acceptors (Lipinski definition) is 4. The van der Waals surface area contributed by atoms with Gasteiger partial charge in [-0.05, 0) is 24.6 Å². The van der Waals surface area contributed by atoms with E-state index in [9.17, 15) is 0 Å². The number of para-hydroxylation sites is 1. The first-order valence-electron chi connectivity index (χ1n) is 8.96. The van der Waals surface area contributed by atoms with Crippen LogP contribution in [0.5, 0.6) is 0 Å². The largest absolute Gasteiger partial charge is 1.00 e. The van der Waals surface area contributed by atoms with Gasteiger partial charge >= 0.3 is 0 Å². The molecule has 0 bridgehead atoms. The van der Waals surface area contributed by atoms with E-state index >= 15 is 0 Å². The number of nitrogens with zero attached hydrogens (tertiary/aromatic N) is 4. The summed E-state index contributed by atoms with van der Waals surface area (Å²) in [5.41, 5.74) is 2.95. The van der Waals surface area contributed by atoms with E-state index < -0.39 is 0 Å². The van der Waals surface area contributed by atoms with Gasteiger partial charge in [0.05, 0.1) is 12.1 Å². The van der Waals surface area contributed by atoms with Crippen LogP contribution >= 0.6 is 0 Å². The van der Waals surface area contributed by atoms with E-state index in [2.05, 4.69) is 22.6 Å². The van der Waals surface area contributed by atoms with Crippen molar-refractivity contribution in [3.63, 3.8) is 0 Å². The molecule has 2 heterocycles. The predicted octanol–water partition coefficient (Wildman–Crippen LogP) is 0.347. The van der Waals surface area contributed by atoms with Crippen LogP contribution in [0.2, 0.25) is 0 Å². The van der Waals surface area contributed by atoms with Crippen LogP contribution in [0, 0.1) is 0 Å². The molecule has 0 aliphatic rings. The summed E-state index contributed by atoms with van der Waals surface area (Å²) in [6.07, 6.45) is 8.98. The van der Waals surface area contributed by atoms with Crippen molar-refractivity contribution in [2.24, 2.45) is 0 Å². The van der Waals surface area contributed by atoms with Crippen LogP contribution in [0.1, 0.15) is 32.6 Å². The van der Waals surface area contributed by atoms with E-state index in [0.29, 0.717) is 13.4 Å². The number of unbranched alkanes of at least 4 members (excludes halogenated alkanes) is 3. The Balaban J connectivity index is 0.00000243. The first kappa shape index (κ1) is 20.1. The third kappa shape index (κ3) is 5.68. The summed E-state index contributed by atoms with van der Waals surface area (Å²) < 4.78 is 9.64. The van der Waals surface area contributed by atoms with Crippen LogP contribution in [0.3, 0.4) is 0 Å². The average Bonchev–Trinajstić information content (AvgIpc) is 3.06. The molecule has 0 radical (unpaired) electrons. The lowest BCUT2D eigenvalue weighted by molar-refractivity contribution is -0.732. The topological polar surface area (TPSA) is 55.9 Å². The van der Waals surface area contributed by atoms with Gasteiger partial charge < -0.3 is 22.5 Å². The molecule has 0 fully saturated rings. The minimum Gasteiger partial charge on any atom is -1.00 e. The van der Waals surface area contributed by atoms with Crippen molar-refractivity contribution >= 4 is 16.7 Å². The molecule has 0 atom stereocenters. The van der Waals surface area contributed by atoms with Gasteiger partial charge in [-0.15, -0.1) is 5.10 Å². The van der Waals surface area contributed by atoms with Gasteiger partial charge in [-0.1, -0.05) is 43.5 Å². The van der Waals surface area contributed by atoms with Gasteiger partial charge in [-0.25, -0.2) is 4.68 Å². The van der Waals surface area contributed by atoms with Crippen molar-refractivity contribution < 1.29 is 21.7 Å². The van der Waals surface area contributed by atoms with Gasteiger partial charge in [-0.2, -0.15) is 4.57 Å². The zero-order valence-corrected chi connectivity index (χ0v) is 15.9. The minimum atomic E-state index is 0. The van der Waals surface area contributed by atoms with Crippen molar-refractivity contribution in [3.05, 3.63) is 48.8 Å². The Hall–Kier alpha value is -2.18. The molecule has 0 spiro atoms. The zero-order valence-electron chi connectivity index (χ0n) is 15.1. The Morgan fingerprint density at radius 1 is 1.12 bits per heavy atom. The summed E-state index contributed by atoms with van der Waals surface area (Å²) in [6.45, 7) is 4.18. The molecule has 7 heteroatoms. The SMILES string of the molecule is CCCCCCOC[n+]1cccc(NCn2nnc3ccccc32)c1.[Cl-]. The fourth-order valence-electron chi connectivity index (χ4n) is 2.71. The number of ether oxygens (including phenoxy) is 1. The van der Waals surface area contributed by atoms with Crippen LogP contribution in [0.4, 0.5) is 5.69 Å². The molecule has 0 aliphatic carbocycles. The Bertz CT molecular complexity index is 792. The van der Waals surface area contributed by atoms with Crippen molar-refractivity contribution in [1.29, 1.82) is 0 Å². The van der Waals surface area contributed by atoms with Crippen LogP contribution in [-0.2, 0) is 18.1 Å². The predicted molar refractivity (Wildman–Crippen MR) is 97.9 cm³/mol. The van der Waals surface area contributed by atoms with Crippen molar-refractivity contribution in [2.75, 3.05) is 11.9 Å². The Morgan fingerprint density at radius 3 is 2.88 bits per heavy atom. The summed E-state index contributed by atoms with van der Waals surface area (Å²) in [5.74, 6) is 0. The maximum atomic E-state index is 5.74. The van der Waals surface area contributed by atoms with Crippen LogP contribution in [-0.4, -0.2) is 21.6 Å². The number of fused-ring (bicyclic) bond motifs is 1. The van der Waals surface area contributed by atoms with Gasteiger partial charge in [0.15, 0.2) is 12.4 Å². The van der Waals surface area contributed by atoms with Crippen molar-refractivity contribution in [1.82, 2.24) is 15.0 Å². The highest BCUT2D eigenvalue weighted by Crippen LogP contribution is 2.10. The number of nitrogens with one attached hydrogen (secondary N) is 1. The van der Waals surface area contributed by atoms with Crippen LogP contribution in [0.15, 0.2) is 48.8 Å². The molecule has 26 heavy (non-hydrogen) atoms. The highest BCUT2D eigenvalue weighted by molar-refractivity contribution is 5.73. The lowest BCUT2D eigenvalue weighted by Gasteiger charge is -2.06. The molecule has 140 valence electrons. The molecule has 3 aromatic rings. The Kier molecular flexibility index (Phi) is 8.31. The third-order valence-corrected chi connectivity index (χ3v) is 4.09. The first-order chi connectivity index (χ1) is 12.4. The smallest absolute Gasteiger partial charge is 0.252 e. The molecule has 3 rings (SSSR count).